The van der Waals surface area contributed by atoms with Gasteiger partial charge < -0.3 is 15.5 Å². The van der Waals surface area contributed by atoms with Gasteiger partial charge in [-0.2, -0.15) is 0 Å². The van der Waals surface area contributed by atoms with Crippen molar-refractivity contribution in [2.45, 2.75) is 0 Å². The second-order valence-electron chi connectivity index (χ2n) is 3.54. The number of rotatable bonds is 4. The van der Waals surface area contributed by atoms with Crippen LogP contribution in [-0.4, -0.2) is 49.3 Å². The van der Waals surface area contributed by atoms with Gasteiger partial charge >= 0.3 is 0 Å². The topological polar surface area (TPSA) is 58.3 Å². The van der Waals surface area contributed by atoms with Crippen molar-refractivity contribution < 1.29 is 0 Å². The molecule has 1 aromatic rings. The van der Waals surface area contributed by atoms with Gasteiger partial charge in [0.2, 0.25) is 0 Å². The SMILES string of the molecule is CN(C)CCN(C)c1ccc(N)nn1. The molecular weight excluding hydrogens is 178 g/mol. The highest BCUT2D eigenvalue weighted by molar-refractivity contribution is 5.40. The van der Waals surface area contributed by atoms with E-state index < -0.39 is 0 Å². The summed E-state index contributed by atoms with van der Waals surface area (Å²) in [4.78, 5) is 4.17. The molecule has 0 aliphatic carbocycles. The van der Waals surface area contributed by atoms with Crippen LogP contribution in [0.4, 0.5) is 11.6 Å². The second kappa shape index (κ2) is 4.76. The Bertz CT molecular complexity index is 269. The molecule has 0 aliphatic rings. The van der Waals surface area contributed by atoms with E-state index in [0.717, 1.165) is 18.9 Å². The molecule has 0 aliphatic heterocycles. The maximum Gasteiger partial charge on any atom is 0.151 e. The average Bonchev–Trinajstić information content (AvgIpc) is 2.15. The Kier molecular flexibility index (Phi) is 3.64. The van der Waals surface area contributed by atoms with Crippen LogP contribution in [0.25, 0.3) is 0 Å². The molecule has 2 N–H and O–H groups in total. The van der Waals surface area contributed by atoms with Gasteiger partial charge in [0, 0.05) is 20.1 Å². The highest BCUT2D eigenvalue weighted by atomic mass is 15.3. The fraction of sp³-hybridized carbons (Fsp3) is 0.556. The van der Waals surface area contributed by atoms with Gasteiger partial charge in [-0.05, 0) is 26.2 Å². The zero-order valence-electron chi connectivity index (χ0n) is 8.94. The molecule has 0 saturated carbocycles. The van der Waals surface area contributed by atoms with Crippen LogP contribution in [0.5, 0.6) is 0 Å². The van der Waals surface area contributed by atoms with E-state index in [0.29, 0.717) is 5.82 Å². The first-order valence-electron chi connectivity index (χ1n) is 4.54. The number of nitrogens with two attached hydrogens (primary N) is 1. The zero-order chi connectivity index (χ0) is 10.6. The van der Waals surface area contributed by atoms with Crippen LogP contribution in [0.1, 0.15) is 0 Å². The number of anilines is 2. The van der Waals surface area contributed by atoms with Gasteiger partial charge in [0.05, 0.1) is 0 Å². The minimum Gasteiger partial charge on any atom is -0.382 e. The van der Waals surface area contributed by atoms with Crippen molar-refractivity contribution in [3.63, 3.8) is 0 Å². The summed E-state index contributed by atoms with van der Waals surface area (Å²) in [5.41, 5.74) is 5.45. The van der Waals surface area contributed by atoms with Gasteiger partial charge in [-0.3, -0.25) is 0 Å². The van der Waals surface area contributed by atoms with Crippen LogP contribution in [0.3, 0.4) is 0 Å². The lowest BCUT2D eigenvalue weighted by atomic mass is 10.4. The Labute approximate surface area is 84.5 Å². The van der Waals surface area contributed by atoms with Gasteiger partial charge in [-0.1, -0.05) is 0 Å². The molecular formula is C9H17N5. The fourth-order valence-corrected chi connectivity index (χ4v) is 1.00. The van der Waals surface area contributed by atoms with Crippen molar-refractivity contribution in [2.75, 3.05) is 44.9 Å². The highest BCUT2D eigenvalue weighted by Gasteiger charge is 2.02. The lowest BCUT2D eigenvalue weighted by molar-refractivity contribution is 0.416. The lowest BCUT2D eigenvalue weighted by Crippen LogP contribution is -2.29. The van der Waals surface area contributed by atoms with Crippen molar-refractivity contribution in [1.29, 1.82) is 0 Å². The Hall–Kier alpha value is -1.36. The highest BCUT2D eigenvalue weighted by Crippen LogP contribution is 2.07. The van der Waals surface area contributed by atoms with E-state index in [-0.39, 0.29) is 0 Å². The summed E-state index contributed by atoms with van der Waals surface area (Å²) < 4.78 is 0. The maximum absolute atomic E-state index is 5.45. The van der Waals surface area contributed by atoms with Crippen LogP contribution in [0.15, 0.2) is 12.1 Å². The van der Waals surface area contributed by atoms with Gasteiger partial charge in [0.25, 0.3) is 0 Å². The molecule has 1 rings (SSSR count). The quantitative estimate of drug-likeness (QED) is 0.736. The molecule has 5 heteroatoms. The van der Waals surface area contributed by atoms with E-state index in [4.69, 9.17) is 5.73 Å². The van der Waals surface area contributed by atoms with Gasteiger partial charge in [-0.25, -0.2) is 0 Å². The number of nitrogens with zero attached hydrogens (tertiary/aromatic N) is 4. The van der Waals surface area contributed by atoms with Crippen molar-refractivity contribution in [2.24, 2.45) is 0 Å². The van der Waals surface area contributed by atoms with Gasteiger partial charge in [0.1, 0.15) is 5.82 Å². The third kappa shape index (κ3) is 3.18. The molecule has 78 valence electrons. The summed E-state index contributed by atoms with van der Waals surface area (Å²) in [7, 11) is 6.08. The van der Waals surface area contributed by atoms with E-state index in [1.165, 1.54) is 0 Å². The largest absolute Gasteiger partial charge is 0.382 e. The molecule has 0 spiro atoms. The maximum atomic E-state index is 5.45. The molecule has 5 nitrogen and oxygen atoms in total. The molecule has 0 bridgehead atoms. The number of aromatic nitrogens is 2. The van der Waals surface area contributed by atoms with E-state index >= 15 is 0 Å². The predicted molar refractivity (Wildman–Crippen MR) is 58.3 cm³/mol. The summed E-state index contributed by atoms with van der Waals surface area (Å²) in [6, 6.07) is 3.63. The minimum atomic E-state index is 0.453. The molecule has 1 aromatic heterocycles. The third-order valence-corrected chi connectivity index (χ3v) is 1.94. The monoisotopic (exact) mass is 195 g/mol. The molecule has 0 unspecified atom stereocenters. The zero-order valence-corrected chi connectivity index (χ0v) is 8.94. The normalized spacial score (nSPS) is 10.6. The van der Waals surface area contributed by atoms with Crippen molar-refractivity contribution >= 4 is 11.6 Å². The summed E-state index contributed by atoms with van der Waals surface area (Å²) in [5, 5.41) is 7.79. The summed E-state index contributed by atoms with van der Waals surface area (Å²) in [5.74, 6) is 1.30. The predicted octanol–water partition coefficient (Wildman–Crippen LogP) is 0.0566. The van der Waals surface area contributed by atoms with Crippen molar-refractivity contribution in [3.8, 4) is 0 Å². The molecule has 0 radical (unpaired) electrons. The summed E-state index contributed by atoms with van der Waals surface area (Å²) in [6.45, 7) is 1.91. The molecule has 0 saturated heterocycles. The molecule has 0 aromatic carbocycles. The summed E-state index contributed by atoms with van der Waals surface area (Å²) in [6.07, 6.45) is 0. The van der Waals surface area contributed by atoms with E-state index in [1.807, 2.05) is 32.1 Å². The van der Waals surface area contributed by atoms with Crippen LogP contribution in [-0.2, 0) is 0 Å². The lowest BCUT2D eigenvalue weighted by Gasteiger charge is -2.19. The first-order valence-corrected chi connectivity index (χ1v) is 4.54. The van der Waals surface area contributed by atoms with Crippen molar-refractivity contribution in [3.05, 3.63) is 12.1 Å². The Morgan fingerprint density at radius 3 is 2.36 bits per heavy atom. The van der Waals surface area contributed by atoms with Gasteiger partial charge in [0.15, 0.2) is 5.82 Å². The standard InChI is InChI=1S/C9H17N5/c1-13(2)6-7-14(3)9-5-4-8(10)11-12-9/h4-5H,6-7H2,1-3H3,(H2,10,11). The molecule has 1 heterocycles. The molecule has 0 fully saturated rings. The van der Waals surface area contributed by atoms with Crippen LogP contribution >= 0.6 is 0 Å². The molecule has 0 atom stereocenters. The van der Waals surface area contributed by atoms with E-state index in [9.17, 15) is 0 Å². The van der Waals surface area contributed by atoms with Crippen LogP contribution in [0, 0.1) is 0 Å². The first-order chi connectivity index (χ1) is 6.59. The Morgan fingerprint density at radius 1 is 1.14 bits per heavy atom. The van der Waals surface area contributed by atoms with E-state index in [2.05, 4.69) is 15.1 Å². The second-order valence-corrected chi connectivity index (χ2v) is 3.54. The smallest absolute Gasteiger partial charge is 0.151 e. The van der Waals surface area contributed by atoms with Crippen LogP contribution in [0.2, 0.25) is 0 Å². The Balaban J connectivity index is 2.52. The average molecular weight is 195 g/mol. The first kappa shape index (κ1) is 10.7. The van der Waals surface area contributed by atoms with Gasteiger partial charge in [-0.15, -0.1) is 10.2 Å². The van der Waals surface area contributed by atoms with Crippen LogP contribution < -0.4 is 10.6 Å². The number of likely N-dealkylation sites (N-methyl/N-ethyl adjacent to an activating group) is 2. The number of hydrogen-bond donors (Lipinski definition) is 1. The molecule has 14 heavy (non-hydrogen) atoms. The number of hydrogen-bond acceptors (Lipinski definition) is 5. The third-order valence-electron chi connectivity index (χ3n) is 1.94. The Morgan fingerprint density at radius 2 is 1.86 bits per heavy atom. The number of nitrogen functional groups attached to an aromatic ring is 1. The van der Waals surface area contributed by atoms with Crippen molar-refractivity contribution in [1.82, 2.24) is 15.1 Å². The molecule has 0 amide bonds. The summed E-state index contributed by atoms with van der Waals surface area (Å²) >= 11 is 0. The fourth-order valence-electron chi connectivity index (χ4n) is 1.00. The van der Waals surface area contributed by atoms with E-state index in [1.54, 1.807) is 6.07 Å². The minimum absolute atomic E-state index is 0.453.